The fourth-order valence-corrected chi connectivity index (χ4v) is 1.60. The molecule has 21 heavy (non-hydrogen) atoms. The van der Waals surface area contributed by atoms with E-state index in [1.54, 1.807) is 31.2 Å². The lowest BCUT2D eigenvalue weighted by atomic mass is 10.2. The highest BCUT2D eigenvalue weighted by Crippen LogP contribution is 2.11. The van der Waals surface area contributed by atoms with Gasteiger partial charge in [-0.1, -0.05) is 12.1 Å². The molecule has 0 aromatic heterocycles. The van der Waals surface area contributed by atoms with Crippen LogP contribution in [0.4, 0.5) is 0 Å². The Morgan fingerprint density at radius 1 is 1.48 bits per heavy atom. The van der Waals surface area contributed by atoms with Crippen molar-refractivity contribution in [1.82, 2.24) is 10.2 Å². The molecular formula is C15H19N3O3. The van der Waals surface area contributed by atoms with Crippen LogP contribution in [0.5, 0.6) is 5.75 Å². The number of likely N-dealkylation sites (N-methyl/N-ethyl adjacent to an activating group) is 1. The number of hydrogen-bond donors (Lipinski definition) is 2. The number of carbonyl (C=O) groups is 1. The van der Waals surface area contributed by atoms with Gasteiger partial charge in [-0.2, -0.15) is 5.26 Å². The number of nitriles is 1. The number of carbonyl (C=O) groups excluding carboxylic acids is 1. The molecule has 0 fully saturated rings. The van der Waals surface area contributed by atoms with Crippen LogP contribution in [0.1, 0.15) is 5.56 Å². The average molecular weight is 289 g/mol. The molecule has 0 saturated carbocycles. The minimum atomic E-state index is -0.446. The average Bonchev–Trinajstić information content (AvgIpc) is 2.51. The van der Waals surface area contributed by atoms with E-state index in [2.05, 4.69) is 5.32 Å². The first-order valence-corrected chi connectivity index (χ1v) is 6.45. The molecule has 0 saturated heterocycles. The van der Waals surface area contributed by atoms with Crippen molar-refractivity contribution in [3.05, 3.63) is 41.6 Å². The fraction of sp³-hybridized carbons (Fsp3) is 0.333. The summed E-state index contributed by atoms with van der Waals surface area (Å²) in [6, 6.07) is 9.14. The van der Waals surface area contributed by atoms with Gasteiger partial charge in [-0.15, -0.1) is 0 Å². The van der Waals surface area contributed by atoms with Gasteiger partial charge >= 0.3 is 0 Å². The zero-order chi connectivity index (χ0) is 15.7. The molecule has 0 unspecified atom stereocenters. The Labute approximate surface area is 124 Å². The first kappa shape index (κ1) is 16.5. The van der Waals surface area contributed by atoms with Gasteiger partial charge < -0.3 is 20.1 Å². The Hall–Kier alpha value is -2.52. The van der Waals surface area contributed by atoms with Gasteiger partial charge in [-0.3, -0.25) is 4.79 Å². The normalized spacial score (nSPS) is 10.7. The van der Waals surface area contributed by atoms with Gasteiger partial charge in [0.1, 0.15) is 17.4 Å². The summed E-state index contributed by atoms with van der Waals surface area (Å²) >= 11 is 0. The Bertz CT molecular complexity index is 532. The number of ether oxygens (including phenoxy) is 1. The molecule has 0 aliphatic carbocycles. The van der Waals surface area contributed by atoms with Gasteiger partial charge in [-0.25, -0.2) is 0 Å². The van der Waals surface area contributed by atoms with Crippen LogP contribution in [0.3, 0.4) is 0 Å². The predicted octanol–water partition coefficient (Wildman–Crippen LogP) is 0.643. The van der Waals surface area contributed by atoms with E-state index in [9.17, 15) is 4.79 Å². The summed E-state index contributed by atoms with van der Waals surface area (Å²) in [5.41, 5.74) is 0.907. The van der Waals surface area contributed by atoms with E-state index in [1.165, 1.54) is 6.20 Å². The molecule has 1 rings (SSSR count). The number of amides is 1. The highest BCUT2D eigenvalue weighted by Gasteiger charge is 2.09. The van der Waals surface area contributed by atoms with Crippen molar-refractivity contribution < 1.29 is 14.6 Å². The van der Waals surface area contributed by atoms with Crippen molar-refractivity contribution in [1.29, 1.82) is 5.26 Å². The Balaban J connectivity index is 2.60. The third-order valence-corrected chi connectivity index (χ3v) is 2.78. The molecule has 6 heteroatoms. The zero-order valence-electron chi connectivity index (χ0n) is 12.2. The minimum Gasteiger partial charge on any atom is -0.497 e. The lowest BCUT2D eigenvalue weighted by molar-refractivity contribution is -0.117. The molecule has 0 atom stereocenters. The van der Waals surface area contributed by atoms with Gasteiger partial charge in [0.05, 0.1) is 13.7 Å². The van der Waals surface area contributed by atoms with E-state index in [-0.39, 0.29) is 12.2 Å². The van der Waals surface area contributed by atoms with Crippen molar-refractivity contribution in [3.63, 3.8) is 0 Å². The molecule has 0 aliphatic rings. The number of rotatable bonds is 7. The Morgan fingerprint density at radius 2 is 2.14 bits per heavy atom. The molecule has 0 heterocycles. The maximum Gasteiger partial charge on any atom is 0.263 e. The highest BCUT2D eigenvalue weighted by atomic mass is 16.5. The largest absolute Gasteiger partial charge is 0.497 e. The van der Waals surface area contributed by atoms with E-state index < -0.39 is 5.91 Å². The molecule has 112 valence electrons. The minimum absolute atomic E-state index is 0.000498. The number of aliphatic hydroxyl groups excluding tert-OH is 1. The number of aliphatic hydroxyl groups is 1. The van der Waals surface area contributed by atoms with E-state index in [0.717, 1.165) is 11.3 Å². The topological polar surface area (TPSA) is 85.6 Å². The van der Waals surface area contributed by atoms with Crippen LogP contribution in [0.15, 0.2) is 36.0 Å². The van der Waals surface area contributed by atoms with E-state index in [0.29, 0.717) is 13.1 Å². The maximum absolute atomic E-state index is 11.9. The third kappa shape index (κ3) is 5.55. The van der Waals surface area contributed by atoms with Crippen molar-refractivity contribution in [2.45, 2.75) is 6.54 Å². The second-order valence-electron chi connectivity index (χ2n) is 4.39. The maximum atomic E-state index is 11.9. The van der Waals surface area contributed by atoms with Crippen LogP contribution in [0.2, 0.25) is 0 Å². The number of benzene rings is 1. The second-order valence-corrected chi connectivity index (χ2v) is 4.39. The standard InChI is InChI=1S/C15H19N3O3/c1-18(7-8-19)11-13(9-16)15(20)17-10-12-3-5-14(21-2)6-4-12/h3-6,11,19H,7-8,10H2,1-2H3,(H,17,20)/b13-11-. The summed E-state index contributed by atoms with van der Waals surface area (Å²) in [5.74, 6) is 0.298. The van der Waals surface area contributed by atoms with Crippen LogP contribution in [-0.2, 0) is 11.3 Å². The zero-order valence-corrected chi connectivity index (χ0v) is 12.2. The molecule has 0 radical (unpaired) electrons. The van der Waals surface area contributed by atoms with Crippen molar-refractivity contribution in [2.24, 2.45) is 0 Å². The van der Waals surface area contributed by atoms with E-state index >= 15 is 0 Å². The van der Waals surface area contributed by atoms with Crippen molar-refractivity contribution in [2.75, 3.05) is 27.3 Å². The van der Waals surface area contributed by atoms with Gasteiger partial charge in [-0.05, 0) is 17.7 Å². The van der Waals surface area contributed by atoms with E-state index in [1.807, 2.05) is 18.2 Å². The Kier molecular flexibility index (Phi) is 6.78. The molecular weight excluding hydrogens is 270 g/mol. The van der Waals surface area contributed by atoms with Crippen molar-refractivity contribution >= 4 is 5.91 Å². The van der Waals surface area contributed by atoms with Crippen molar-refractivity contribution in [3.8, 4) is 11.8 Å². The monoisotopic (exact) mass is 289 g/mol. The molecule has 1 aromatic carbocycles. The summed E-state index contributed by atoms with van der Waals surface area (Å²) in [7, 11) is 3.27. The molecule has 6 nitrogen and oxygen atoms in total. The van der Waals surface area contributed by atoms with Crippen LogP contribution < -0.4 is 10.1 Å². The van der Waals surface area contributed by atoms with Gasteiger partial charge in [0, 0.05) is 26.3 Å². The third-order valence-electron chi connectivity index (χ3n) is 2.78. The number of nitrogens with zero attached hydrogens (tertiary/aromatic N) is 2. The summed E-state index contributed by atoms with van der Waals surface area (Å²) in [4.78, 5) is 13.5. The molecule has 0 aliphatic heterocycles. The fourth-order valence-electron chi connectivity index (χ4n) is 1.60. The van der Waals surface area contributed by atoms with Crippen LogP contribution >= 0.6 is 0 Å². The predicted molar refractivity (Wildman–Crippen MR) is 78.3 cm³/mol. The molecule has 1 amide bonds. The van der Waals surface area contributed by atoms with Gasteiger partial charge in [0.25, 0.3) is 5.91 Å². The first-order valence-electron chi connectivity index (χ1n) is 6.45. The highest BCUT2D eigenvalue weighted by molar-refractivity contribution is 5.97. The number of hydrogen-bond acceptors (Lipinski definition) is 5. The molecule has 0 bridgehead atoms. The first-order chi connectivity index (χ1) is 10.1. The summed E-state index contributed by atoms with van der Waals surface area (Å²) < 4.78 is 5.05. The smallest absolute Gasteiger partial charge is 0.263 e. The Morgan fingerprint density at radius 3 is 2.67 bits per heavy atom. The summed E-state index contributed by atoms with van der Waals surface area (Å²) in [5, 5.41) is 20.5. The SMILES string of the molecule is COc1ccc(CNC(=O)/C(C#N)=C\N(C)CCO)cc1. The van der Waals surface area contributed by atoms with Crippen LogP contribution in [-0.4, -0.2) is 43.2 Å². The van der Waals surface area contributed by atoms with Gasteiger partial charge in [0.15, 0.2) is 0 Å². The second kappa shape index (κ2) is 8.61. The summed E-state index contributed by atoms with van der Waals surface area (Å²) in [6.45, 7) is 0.641. The quantitative estimate of drug-likeness (QED) is 0.568. The molecule has 1 aromatic rings. The lowest BCUT2D eigenvalue weighted by Crippen LogP contribution is -2.26. The van der Waals surface area contributed by atoms with Crippen LogP contribution in [0.25, 0.3) is 0 Å². The molecule has 2 N–H and O–H groups in total. The molecule has 0 spiro atoms. The number of methoxy groups -OCH3 is 1. The summed E-state index contributed by atoms with van der Waals surface area (Å²) in [6.07, 6.45) is 1.42. The van der Waals surface area contributed by atoms with Gasteiger partial charge in [0.2, 0.25) is 0 Å². The van der Waals surface area contributed by atoms with Crippen LogP contribution in [0, 0.1) is 11.3 Å². The lowest BCUT2D eigenvalue weighted by Gasteiger charge is -2.12. The van der Waals surface area contributed by atoms with E-state index in [4.69, 9.17) is 15.1 Å². The number of nitrogens with one attached hydrogen (secondary N) is 1.